The van der Waals surface area contributed by atoms with Gasteiger partial charge in [-0.25, -0.2) is 0 Å². The lowest BCUT2D eigenvalue weighted by molar-refractivity contribution is -0.140. The number of carbonyl (C=O) groups excluding carboxylic acids is 2. The number of carbonyl (C=O) groups is 3. The molecule has 3 unspecified atom stereocenters. The first-order chi connectivity index (χ1) is 9.23. The van der Waals surface area contributed by atoms with Crippen molar-refractivity contribution >= 4 is 17.8 Å². The SMILES string of the molecule is COCCNC(=O)C(C)NC(=O)C1C(C(=O)O)C1(C)C. The fraction of sp³-hybridized carbons (Fsp3) is 0.769. The van der Waals surface area contributed by atoms with E-state index in [0.717, 1.165) is 0 Å². The van der Waals surface area contributed by atoms with Crippen LogP contribution in [0.15, 0.2) is 0 Å². The van der Waals surface area contributed by atoms with Crippen molar-refractivity contribution in [1.29, 1.82) is 0 Å². The number of ether oxygens (including phenoxy) is 1. The highest BCUT2D eigenvalue weighted by molar-refractivity contribution is 5.94. The Morgan fingerprint density at radius 3 is 2.35 bits per heavy atom. The average molecular weight is 286 g/mol. The Bertz CT molecular complexity index is 408. The summed E-state index contributed by atoms with van der Waals surface area (Å²) in [5.41, 5.74) is -0.567. The molecule has 3 N–H and O–H groups in total. The fourth-order valence-electron chi connectivity index (χ4n) is 2.39. The molecule has 1 saturated carbocycles. The van der Waals surface area contributed by atoms with Gasteiger partial charge in [-0.2, -0.15) is 0 Å². The van der Waals surface area contributed by atoms with E-state index < -0.39 is 35.2 Å². The van der Waals surface area contributed by atoms with Gasteiger partial charge in [-0.3, -0.25) is 14.4 Å². The molecule has 0 heterocycles. The largest absolute Gasteiger partial charge is 0.481 e. The van der Waals surface area contributed by atoms with Gasteiger partial charge in [0.25, 0.3) is 0 Å². The van der Waals surface area contributed by atoms with Gasteiger partial charge < -0.3 is 20.5 Å². The van der Waals surface area contributed by atoms with Gasteiger partial charge in [-0.1, -0.05) is 13.8 Å². The molecule has 1 rings (SSSR count). The summed E-state index contributed by atoms with van der Waals surface area (Å²) in [6.45, 7) is 5.79. The quantitative estimate of drug-likeness (QED) is 0.553. The first-order valence-corrected chi connectivity index (χ1v) is 6.53. The topological polar surface area (TPSA) is 105 Å². The highest BCUT2D eigenvalue weighted by Crippen LogP contribution is 2.58. The lowest BCUT2D eigenvalue weighted by Gasteiger charge is -2.14. The molecule has 7 heteroatoms. The van der Waals surface area contributed by atoms with E-state index in [-0.39, 0.29) is 5.91 Å². The normalized spacial score (nSPS) is 24.6. The van der Waals surface area contributed by atoms with Crippen LogP contribution in [0.3, 0.4) is 0 Å². The van der Waals surface area contributed by atoms with E-state index in [4.69, 9.17) is 9.84 Å². The Hall–Kier alpha value is -1.63. The van der Waals surface area contributed by atoms with Crippen LogP contribution in [0.1, 0.15) is 20.8 Å². The first kappa shape index (κ1) is 16.4. The van der Waals surface area contributed by atoms with Crippen molar-refractivity contribution in [1.82, 2.24) is 10.6 Å². The minimum absolute atomic E-state index is 0.319. The van der Waals surface area contributed by atoms with E-state index in [0.29, 0.717) is 13.2 Å². The van der Waals surface area contributed by atoms with E-state index in [9.17, 15) is 14.4 Å². The van der Waals surface area contributed by atoms with Crippen LogP contribution in [0.2, 0.25) is 0 Å². The number of carboxylic acids is 1. The summed E-state index contributed by atoms with van der Waals surface area (Å²) in [6.07, 6.45) is 0. The summed E-state index contributed by atoms with van der Waals surface area (Å²) in [6, 6.07) is -0.704. The third-order valence-corrected chi connectivity index (χ3v) is 3.73. The van der Waals surface area contributed by atoms with Crippen molar-refractivity contribution in [3.63, 3.8) is 0 Å². The Kier molecular flexibility index (Phi) is 5.10. The zero-order chi connectivity index (χ0) is 15.5. The van der Waals surface area contributed by atoms with Gasteiger partial charge in [-0.05, 0) is 12.3 Å². The van der Waals surface area contributed by atoms with Crippen LogP contribution < -0.4 is 10.6 Å². The molecule has 0 spiro atoms. The van der Waals surface area contributed by atoms with Crippen molar-refractivity contribution in [2.24, 2.45) is 17.3 Å². The maximum atomic E-state index is 12.0. The Morgan fingerprint density at radius 1 is 1.30 bits per heavy atom. The molecule has 114 valence electrons. The van der Waals surface area contributed by atoms with Crippen LogP contribution in [-0.4, -0.2) is 49.2 Å². The van der Waals surface area contributed by atoms with Crippen LogP contribution in [0.4, 0.5) is 0 Å². The molecule has 7 nitrogen and oxygen atoms in total. The van der Waals surface area contributed by atoms with Crippen LogP contribution in [0.5, 0.6) is 0 Å². The van der Waals surface area contributed by atoms with Crippen LogP contribution in [-0.2, 0) is 19.1 Å². The summed E-state index contributed by atoms with van der Waals surface area (Å²) in [5, 5.41) is 14.2. The molecular formula is C13H22N2O5. The van der Waals surface area contributed by atoms with Gasteiger partial charge in [0.1, 0.15) is 6.04 Å². The summed E-state index contributed by atoms with van der Waals surface area (Å²) in [5.74, 6) is -2.97. The molecule has 20 heavy (non-hydrogen) atoms. The van der Waals surface area contributed by atoms with E-state index in [1.54, 1.807) is 20.8 Å². The predicted octanol–water partition coefficient (Wildman–Crippen LogP) is -0.389. The lowest BCUT2D eigenvalue weighted by atomic mass is 10.1. The standard InChI is InChI=1S/C13H22N2O5/c1-7(10(16)14-5-6-20-4)15-11(17)8-9(12(18)19)13(8,2)3/h7-9H,5-6H2,1-4H3,(H,14,16)(H,15,17)(H,18,19). The van der Waals surface area contributed by atoms with Gasteiger partial charge in [0.2, 0.25) is 11.8 Å². The molecule has 3 atom stereocenters. The zero-order valence-corrected chi connectivity index (χ0v) is 12.2. The Labute approximate surface area is 118 Å². The number of nitrogens with one attached hydrogen (secondary N) is 2. The summed E-state index contributed by atoms with van der Waals surface area (Å²) >= 11 is 0. The minimum Gasteiger partial charge on any atom is -0.481 e. The summed E-state index contributed by atoms with van der Waals surface area (Å²) in [7, 11) is 1.53. The van der Waals surface area contributed by atoms with Crippen LogP contribution >= 0.6 is 0 Å². The minimum atomic E-state index is -0.979. The highest BCUT2D eigenvalue weighted by atomic mass is 16.5. The monoisotopic (exact) mass is 286 g/mol. The Morgan fingerprint density at radius 2 is 1.90 bits per heavy atom. The number of hydrogen-bond donors (Lipinski definition) is 3. The molecule has 1 fully saturated rings. The zero-order valence-electron chi connectivity index (χ0n) is 12.2. The summed E-state index contributed by atoms with van der Waals surface area (Å²) < 4.78 is 4.80. The number of carboxylic acid groups (broad SMARTS) is 1. The van der Waals surface area contributed by atoms with Crippen molar-refractivity contribution in [3.8, 4) is 0 Å². The fourth-order valence-corrected chi connectivity index (χ4v) is 2.39. The van der Waals surface area contributed by atoms with Crippen molar-refractivity contribution in [2.45, 2.75) is 26.8 Å². The molecule has 0 aliphatic heterocycles. The number of rotatable bonds is 7. The molecular weight excluding hydrogens is 264 g/mol. The van der Waals surface area contributed by atoms with E-state index in [2.05, 4.69) is 10.6 Å². The van der Waals surface area contributed by atoms with E-state index in [1.165, 1.54) is 7.11 Å². The highest BCUT2D eigenvalue weighted by Gasteiger charge is 2.66. The van der Waals surface area contributed by atoms with Gasteiger partial charge in [0, 0.05) is 13.7 Å². The van der Waals surface area contributed by atoms with Crippen molar-refractivity contribution < 1.29 is 24.2 Å². The number of aliphatic carboxylic acids is 1. The second kappa shape index (κ2) is 6.21. The van der Waals surface area contributed by atoms with Gasteiger partial charge in [-0.15, -0.1) is 0 Å². The average Bonchev–Trinajstić information content (AvgIpc) is 2.92. The van der Waals surface area contributed by atoms with E-state index >= 15 is 0 Å². The van der Waals surface area contributed by atoms with Gasteiger partial charge in [0.05, 0.1) is 18.4 Å². The molecule has 0 saturated heterocycles. The Balaban J connectivity index is 2.47. The van der Waals surface area contributed by atoms with Crippen molar-refractivity contribution in [3.05, 3.63) is 0 Å². The molecule has 0 aromatic carbocycles. The number of hydrogen-bond acceptors (Lipinski definition) is 4. The second-order valence-corrected chi connectivity index (χ2v) is 5.63. The molecule has 0 aromatic heterocycles. The molecule has 0 bridgehead atoms. The summed E-state index contributed by atoms with van der Waals surface area (Å²) in [4.78, 5) is 34.7. The number of amides is 2. The molecule has 1 aliphatic rings. The first-order valence-electron chi connectivity index (χ1n) is 6.53. The third kappa shape index (κ3) is 3.47. The van der Waals surface area contributed by atoms with Crippen molar-refractivity contribution in [2.75, 3.05) is 20.3 Å². The van der Waals surface area contributed by atoms with E-state index in [1.807, 2.05) is 0 Å². The lowest BCUT2D eigenvalue weighted by Crippen LogP contribution is -2.46. The van der Waals surface area contributed by atoms with Crippen LogP contribution in [0.25, 0.3) is 0 Å². The van der Waals surface area contributed by atoms with Gasteiger partial charge in [0.15, 0.2) is 0 Å². The van der Waals surface area contributed by atoms with Crippen LogP contribution in [0, 0.1) is 17.3 Å². The molecule has 0 aromatic rings. The smallest absolute Gasteiger partial charge is 0.307 e. The molecule has 1 aliphatic carbocycles. The number of methoxy groups -OCH3 is 1. The maximum absolute atomic E-state index is 12.0. The maximum Gasteiger partial charge on any atom is 0.307 e. The van der Waals surface area contributed by atoms with Gasteiger partial charge >= 0.3 is 5.97 Å². The molecule has 2 amide bonds. The third-order valence-electron chi connectivity index (χ3n) is 3.73. The second-order valence-electron chi connectivity index (χ2n) is 5.63. The predicted molar refractivity (Wildman–Crippen MR) is 70.9 cm³/mol. The molecule has 0 radical (unpaired) electrons.